The van der Waals surface area contributed by atoms with E-state index in [0.717, 1.165) is 18.3 Å². The Morgan fingerprint density at radius 2 is 2.29 bits per heavy atom. The summed E-state index contributed by atoms with van der Waals surface area (Å²) in [5, 5.41) is 0.770. The molecule has 0 bridgehead atoms. The molecule has 1 rings (SSSR count). The minimum absolute atomic E-state index is 0.00875. The third-order valence-electron chi connectivity index (χ3n) is 2.37. The molecule has 1 aromatic rings. The molecule has 0 radical (unpaired) electrons. The summed E-state index contributed by atoms with van der Waals surface area (Å²) in [4.78, 5) is 18.1. The van der Waals surface area contributed by atoms with Crippen LogP contribution in [0.4, 0.5) is 0 Å². The zero-order valence-electron chi connectivity index (χ0n) is 10.1. The highest BCUT2D eigenvalue weighted by molar-refractivity contribution is 9.09. The van der Waals surface area contributed by atoms with E-state index in [2.05, 4.69) is 27.8 Å². The Morgan fingerprint density at radius 1 is 1.53 bits per heavy atom. The van der Waals surface area contributed by atoms with Gasteiger partial charge in [-0.25, -0.2) is 0 Å². The van der Waals surface area contributed by atoms with E-state index in [0.29, 0.717) is 17.9 Å². The van der Waals surface area contributed by atoms with Crippen molar-refractivity contribution in [1.82, 2.24) is 9.88 Å². The second-order valence-corrected chi connectivity index (χ2v) is 4.35. The topological polar surface area (TPSA) is 42.4 Å². The van der Waals surface area contributed by atoms with Crippen molar-refractivity contribution in [1.29, 1.82) is 0 Å². The van der Waals surface area contributed by atoms with Gasteiger partial charge >= 0.3 is 0 Å². The second-order valence-electron chi connectivity index (χ2n) is 3.56. The van der Waals surface area contributed by atoms with Gasteiger partial charge in [0.25, 0.3) is 5.91 Å². The maximum Gasteiger partial charge on any atom is 0.257 e. The number of nitrogens with zero attached hydrogens (tertiary/aromatic N) is 2. The highest BCUT2D eigenvalue weighted by atomic mass is 79.9. The van der Waals surface area contributed by atoms with Crippen LogP contribution in [0.1, 0.15) is 23.7 Å². The van der Waals surface area contributed by atoms with Gasteiger partial charge in [0.15, 0.2) is 0 Å². The van der Waals surface area contributed by atoms with Crippen LogP contribution >= 0.6 is 15.9 Å². The molecule has 0 aliphatic carbocycles. The summed E-state index contributed by atoms with van der Waals surface area (Å²) in [6, 6.07) is 1.69. The highest BCUT2D eigenvalue weighted by Gasteiger charge is 2.18. The van der Waals surface area contributed by atoms with Gasteiger partial charge in [0.1, 0.15) is 5.75 Å². The number of rotatable bonds is 6. The first-order valence-corrected chi connectivity index (χ1v) is 6.70. The second kappa shape index (κ2) is 7.27. The van der Waals surface area contributed by atoms with Crippen LogP contribution in [-0.2, 0) is 0 Å². The van der Waals surface area contributed by atoms with Crippen LogP contribution in [0.2, 0.25) is 0 Å². The Hall–Kier alpha value is -1.10. The molecule has 0 aliphatic heterocycles. The predicted octanol–water partition coefficient (Wildman–Crippen LogP) is 2.34. The fraction of sp³-hybridized carbons (Fsp3) is 0.500. The standard InChI is InChI=1S/C12H17BrN2O2/c1-3-7-15(8-5-13)12(16)10-4-6-14-9-11(10)17-2/h4,6,9H,3,5,7-8H2,1-2H3. The molecule has 0 aliphatic rings. The molecule has 0 spiro atoms. The number of carbonyl (C=O) groups excluding carboxylic acids is 1. The predicted molar refractivity (Wildman–Crippen MR) is 70.8 cm³/mol. The van der Waals surface area contributed by atoms with Crippen LogP contribution in [0.3, 0.4) is 0 Å². The number of aromatic nitrogens is 1. The van der Waals surface area contributed by atoms with Gasteiger partial charge in [-0.3, -0.25) is 9.78 Å². The summed E-state index contributed by atoms with van der Waals surface area (Å²) in [7, 11) is 1.54. The van der Waals surface area contributed by atoms with Crippen molar-refractivity contribution in [3.8, 4) is 5.75 Å². The smallest absolute Gasteiger partial charge is 0.257 e. The van der Waals surface area contributed by atoms with Crippen molar-refractivity contribution in [2.45, 2.75) is 13.3 Å². The van der Waals surface area contributed by atoms with Crippen molar-refractivity contribution in [3.63, 3.8) is 0 Å². The van der Waals surface area contributed by atoms with E-state index >= 15 is 0 Å². The SMILES string of the molecule is CCCN(CCBr)C(=O)c1ccncc1OC. The van der Waals surface area contributed by atoms with Gasteiger partial charge in [0.05, 0.1) is 18.9 Å². The summed E-state index contributed by atoms with van der Waals surface area (Å²) in [5.74, 6) is 0.513. The van der Waals surface area contributed by atoms with Crippen LogP contribution in [0.15, 0.2) is 18.5 Å². The van der Waals surface area contributed by atoms with Crippen LogP contribution < -0.4 is 4.74 Å². The Balaban J connectivity index is 2.92. The molecule has 1 aromatic heterocycles. The van der Waals surface area contributed by atoms with Crippen LogP contribution in [-0.4, -0.2) is 41.3 Å². The molecule has 1 heterocycles. The first kappa shape index (κ1) is 14.0. The van der Waals surface area contributed by atoms with E-state index < -0.39 is 0 Å². The number of alkyl halides is 1. The Kier molecular flexibility index (Phi) is 5.97. The maximum atomic E-state index is 12.3. The summed E-state index contributed by atoms with van der Waals surface area (Å²) >= 11 is 3.36. The number of amides is 1. The van der Waals surface area contributed by atoms with Crippen LogP contribution in [0.25, 0.3) is 0 Å². The first-order chi connectivity index (χ1) is 8.24. The third-order valence-corrected chi connectivity index (χ3v) is 2.72. The quantitative estimate of drug-likeness (QED) is 0.757. The van der Waals surface area contributed by atoms with Gasteiger partial charge in [-0.1, -0.05) is 22.9 Å². The van der Waals surface area contributed by atoms with E-state index in [1.165, 1.54) is 0 Å². The molecule has 1 amide bonds. The fourth-order valence-electron chi connectivity index (χ4n) is 1.58. The molecule has 0 aromatic carbocycles. The molecule has 0 saturated heterocycles. The van der Waals surface area contributed by atoms with Crippen molar-refractivity contribution >= 4 is 21.8 Å². The molecule has 0 unspecified atom stereocenters. The van der Waals surface area contributed by atoms with Gasteiger partial charge in [-0.2, -0.15) is 0 Å². The number of pyridine rings is 1. The van der Waals surface area contributed by atoms with Gasteiger partial charge < -0.3 is 9.64 Å². The molecule has 17 heavy (non-hydrogen) atoms. The molecular formula is C12H17BrN2O2. The zero-order valence-corrected chi connectivity index (χ0v) is 11.7. The number of halogens is 1. The Bertz CT molecular complexity index is 365. The molecule has 0 fully saturated rings. The molecule has 0 N–H and O–H groups in total. The minimum Gasteiger partial charge on any atom is -0.494 e. The first-order valence-electron chi connectivity index (χ1n) is 5.57. The van der Waals surface area contributed by atoms with E-state index in [1.54, 1.807) is 25.6 Å². The van der Waals surface area contributed by atoms with Gasteiger partial charge in [0, 0.05) is 24.6 Å². The molecule has 5 heteroatoms. The van der Waals surface area contributed by atoms with Crippen molar-refractivity contribution in [2.75, 3.05) is 25.5 Å². The van der Waals surface area contributed by atoms with Crippen LogP contribution in [0, 0.1) is 0 Å². The van der Waals surface area contributed by atoms with E-state index in [4.69, 9.17) is 4.74 Å². The zero-order chi connectivity index (χ0) is 12.7. The molecule has 4 nitrogen and oxygen atoms in total. The maximum absolute atomic E-state index is 12.3. The number of hydrogen-bond acceptors (Lipinski definition) is 3. The largest absolute Gasteiger partial charge is 0.494 e. The van der Waals surface area contributed by atoms with Crippen molar-refractivity contribution in [2.24, 2.45) is 0 Å². The van der Waals surface area contributed by atoms with E-state index in [9.17, 15) is 4.79 Å². The van der Waals surface area contributed by atoms with E-state index in [1.807, 2.05) is 4.90 Å². The third kappa shape index (κ3) is 3.70. The highest BCUT2D eigenvalue weighted by Crippen LogP contribution is 2.18. The lowest BCUT2D eigenvalue weighted by Gasteiger charge is -2.21. The molecule has 0 atom stereocenters. The number of ether oxygens (including phenoxy) is 1. The molecular weight excluding hydrogens is 284 g/mol. The van der Waals surface area contributed by atoms with Crippen LogP contribution in [0.5, 0.6) is 5.75 Å². The van der Waals surface area contributed by atoms with Gasteiger partial charge in [-0.05, 0) is 12.5 Å². The average molecular weight is 301 g/mol. The monoisotopic (exact) mass is 300 g/mol. The summed E-state index contributed by atoms with van der Waals surface area (Å²) < 4.78 is 5.15. The number of hydrogen-bond donors (Lipinski definition) is 0. The van der Waals surface area contributed by atoms with Crippen molar-refractivity contribution in [3.05, 3.63) is 24.0 Å². The summed E-state index contributed by atoms with van der Waals surface area (Å²) in [5.41, 5.74) is 0.567. The number of methoxy groups -OCH3 is 1. The fourth-order valence-corrected chi connectivity index (χ4v) is 2.00. The number of carbonyl (C=O) groups is 1. The van der Waals surface area contributed by atoms with Crippen molar-refractivity contribution < 1.29 is 9.53 Å². The average Bonchev–Trinajstić information content (AvgIpc) is 2.37. The normalized spacial score (nSPS) is 10.1. The molecule has 0 saturated carbocycles. The Morgan fingerprint density at radius 3 is 2.88 bits per heavy atom. The Labute approximate surface area is 110 Å². The molecule has 94 valence electrons. The van der Waals surface area contributed by atoms with Gasteiger partial charge in [0.2, 0.25) is 0 Å². The summed E-state index contributed by atoms with van der Waals surface area (Å²) in [6.07, 6.45) is 4.10. The van der Waals surface area contributed by atoms with E-state index in [-0.39, 0.29) is 5.91 Å². The minimum atomic E-state index is -0.00875. The summed E-state index contributed by atoms with van der Waals surface area (Å²) in [6.45, 7) is 3.49. The lowest BCUT2D eigenvalue weighted by atomic mass is 10.2. The lowest BCUT2D eigenvalue weighted by molar-refractivity contribution is 0.0763. The van der Waals surface area contributed by atoms with Gasteiger partial charge in [-0.15, -0.1) is 0 Å². The lowest BCUT2D eigenvalue weighted by Crippen LogP contribution is -2.33.